The molecule has 0 aliphatic carbocycles. The highest BCUT2D eigenvalue weighted by atomic mass is 127. The summed E-state index contributed by atoms with van der Waals surface area (Å²) in [5, 5.41) is 0.665. The molecule has 0 atom stereocenters. The van der Waals surface area contributed by atoms with Gasteiger partial charge in [0.25, 0.3) is 0 Å². The van der Waals surface area contributed by atoms with Gasteiger partial charge in [0.15, 0.2) is 11.6 Å². The van der Waals surface area contributed by atoms with Crippen molar-refractivity contribution in [2.75, 3.05) is 11.9 Å². The van der Waals surface area contributed by atoms with E-state index in [0.29, 0.717) is 16.2 Å². The Morgan fingerprint density at radius 2 is 1.24 bits per heavy atom. The van der Waals surface area contributed by atoms with Gasteiger partial charge >= 0.3 is 0 Å². The molecule has 0 aromatic heterocycles. The third kappa shape index (κ3) is 4.15. The summed E-state index contributed by atoms with van der Waals surface area (Å²) in [6.45, 7) is 0. The molecule has 3 aromatic rings. The molecular weight excluding hydrogens is 608 g/mol. The second-order valence-corrected chi connectivity index (χ2v) is 10.0. The zero-order valence-corrected chi connectivity index (χ0v) is 20.5. The van der Waals surface area contributed by atoms with Gasteiger partial charge in [-0.2, -0.15) is 0 Å². The molecule has 0 fully saturated rings. The van der Waals surface area contributed by atoms with Gasteiger partial charge < -0.3 is 4.90 Å². The molecule has 0 amide bonds. The number of hydrogen-bond acceptors (Lipinski definition) is 4. The first-order chi connectivity index (χ1) is 14.0. The highest BCUT2D eigenvalue weighted by molar-refractivity contribution is 14.1. The second kappa shape index (κ2) is 8.61. The van der Waals surface area contributed by atoms with Crippen molar-refractivity contribution in [3.8, 4) is 0 Å². The zero-order valence-electron chi connectivity index (χ0n) is 15.4. The fourth-order valence-electron chi connectivity index (χ4n) is 3.11. The van der Waals surface area contributed by atoms with Crippen LogP contribution in [0.4, 0.5) is 5.69 Å². The van der Waals surface area contributed by atoms with E-state index in [4.69, 9.17) is 0 Å². The summed E-state index contributed by atoms with van der Waals surface area (Å²) in [6, 6.07) is 22.6. The molecule has 0 saturated heterocycles. The first-order valence-corrected chi connectivity index (χ1v) is 11.8. The zero-order chi connectivity index (χ0) is 20.5. The molecule has 1 aliphatic heterocycles. The summed E-state index contributed by atoms with van der Waals surface area (Å²) in [6.07, 6.45) is 0. The van der Waals surface area contributed by atoms with Crippen LogP contribution >= 0.6 is 56.9 Å². The van der Waals surface area contributed by atoms with E-state index in [2.05, 4.69) is 45.2 Å². The monoisotopic (exact) mass is 623 g/mol. The Hall–Kier alpha value is -1.65. The van der Waals surface area contributed by atoms with Crippen molar-refractivity contribution in [3.05, 3.63) is 102 Å². The third-order valence-corrected chi connectivity index (χ3v) is 7.29. The maximum Gasteiger partial charge on any atom is 0.199 e. The molecule has 6 heteroatoms. The molecule has 0 bridgehead atoms. The summed E-state index contributed by atoms with van der Waals surface area (Å²) in [7, 11) is 1.90. The second-order valence-electron chi connectivity index (χ2n) is 6.48. The van der Waals surface area contributed by atoms with E-state index in [0.717, 1.165) is 17.7 Å². The van der Waals surface area contributed by atoms with Crippen LogP contribution in [0.2, 0.25) is 0 Å². The maximum atomic E-state index is 13.5. The Morgan fingerprint density at radius 1 is 0.759 bits per heavy atom. The van der Waals surface area contributed by atoms with Crippen molar-refractivity contribution < 1.29 is 9.59 Å². The number of anilines is 1. The van der Waals surface area contributed by atoms with Crippen LogP contribution < -0.4 is 4.90 Å². The number of benzene rings is 3. The van der Waals surface area contributed by atoms with Crippen LogP contribution in [-0.4, -0.2) is 18.6 Å². The molecule has 3 nitrogen and oxygen atoms in total. The van der Waals surface area contributed by atoms with Gasteiger partial charge in [-0.05, 0) is 106 Å². The summed E-state index contributed by atoms with van der Waals surface area (Å²) >= 11 is 5.87. The van der Waals surface area contributed by atoms with Crippen LogP contribution in [0.3, 0.4) is 0 Å². The molecule has 0 unspecified atom stereocenters. The van der Waals surface area contributed by atoms with Crippen LogP contribution in [0, 0.1) is 7.14 Å². The van der Waals surface area contributed by atoms with Gasteiger partial charge in [-0.3, -0.25) is 9.59 Å². The Labute approximate surface area is 200 Å². The number of Topliss-reactive ketones (excluding diaryl/α,β-unsaturated/α-hetero) is 2. The largest absolute Gasteiger partial charge is 0.337 e. The number of carbonyl (C=O) groups is 2. The summed E-state index contributed by atoms with van der Waals surface area (Å²) in [4.78, 5) is 30.0. The van der Waals surface area contributed by atoms with Gasteiger partial charge in [-0.15, -0.1) is 0 Å². The Balaban J connectivity index is 1.86. The number of fused-ring (bicyclic) bond motifs is 1. The average molecular weight is 623 g/mol. The van der Waals surface area contributed by atoms with Crippen molar-refractivity contribution in [1.29, 1.82) is 0 Å². The Kier molecular flexibility index (Phi) is 6.12. The highest BCUT2D eigenvalue weighted by Gasteiger charge is 2.32. The predicted octanol–water partition coefficient (Wildman–Crippen LogP) is 6.42. The van der Waals surface area contributed by atoms with E-state index in [1.165, 1.54) is 11.8 Å². The van der Waals surface area contributed by atoms with Crippen molar-refractivity contribution in [2.45, 2.75) is 4.90 Å². The van der Waals surface area contributed by atoms with Crippen LogP contribution in [-0.2, 0) is 0 Å². The van der Waals surface area contributed by atoms with Gasteiger partial charge in [0.05, 0.1) is 10.7 Å². The molecular formula is C23H15I2NO2S. The van der Waals surface area contributed by atoms with E-state index in [-0.39, 0.29) is 17.1 Å². The summed E-state index contributed by atoms with van der Waals surface area (Å²) < 4.78 is 2.08. The fourth-order valence-corrected chi connectivity index (χ4v) is 5.02. The smallest absolute Gasteiger partial charge is 0.199 e. The minimum Gasteiger partial charge on any atom is -0.337 e. The number of carbonyl (C=O) groups excluding carboxylic acids is 2. The molecule has 0 spiro atoms. The van der Waals surface area contributed by atoms with E-state index in [9.17, 15) is 9.59 Å². The van der Waals surface area contributed by atoms with E-state index in [1.54, 1.807) is 24.3 Å². The number of para-hydroxylation sites is 1. The molecule has 1 heterocycles. The Bertz CT molecular complexity index is 1080. The number of halogens is 2. The summed E-state index contributed by atoms with van der Waals surface area (Å²) in [5.74, 6) is -0.515. The molecule has 0 radical (unpaired) electrons. The molecule has 1 aliphatic rings. The number of thioether (sulfide) groups is 1. The topological polar surface area (TPSA) is 37.4 Å². The number of ketones is 2. The Morgan fingerprint density at radius 3 is 1.72 bits per heavy atom. The third-order valence-electron chi connectivity index (χ3n) is 4.62. The lowest BCUT2D eigenvalue weighted by atomic mass is 9.96. The van der Waals surface area contributed by atoms with Crippen LogP contribution in [0.1, 0.15) is 20.7 Å². The standard InChI is InChI=1S/C23H15I2NO2S/c1-26-18-4-2-3-5-19(18)29-23(26)20(21(27)14-6-10-16(24)11-7-14)22(28)15-8-12-17(25)13-9-15/h2-13H,1H3. The maximum absolute atomic E-state index is 13.5. The molecule has 0 N–H and O–H groups in total. The fraction of sp³-hybridized carbons (Fsp3) is 0.0435. The molecule has 0 saturated carbocycles. The van der Waals surface area contributed by atoms with E-state index >= 15 is 0 Å². The molecule has 29 heavy (non-hydrogen) atoms. The number of nitrogens with zero attached hydrogens (tertiary/aromatic N) is 1. The summed E-state index contributed by atoms with van der Waals surface area (Å²) in [5.41, 5.74) is 2.22. The van der Waals surface area contributed by atoms with Crippen LogP contribution in [0.5, 0.6) is 0 Å². The average Bonchev–Trinajstić information content (AvgIpc) is 3.05. The normalized spacial score (nSPS) is 12.7. The first kappa shape index (κ1) is 20.6. The predicted molar refractivity (Wildman–Crippen MR) is 135 cm³/mol. The lowest BCUT2D eigenvalue weighted by molar-refractivity contribution is 0.0961. The quantitative estimate of drug-likeness (QED) is 0.111. The van der Waals surface area contributed by atoms with Gasteiger partial charge in [0.2, 0.25) is 0 Å². The van der Waals surface area contributed by atoms with Gasteiger partial charge in [0.1, 0.15) is 5.57 Å². The molecule has 3 aromatic carbocycles. The SMILES string of the molecule is CN1C(=C(C(=O)c2ccc(I)cc2)C(=O)c2ccc(I)cc2)Sc2ccccc21. The highest BCUT2D eigenvalue weighted by Crippen LogP contribution is 2.46. The van der Waals surface area contributed by atoms with Crippen molar-refractivity contribution in [3.63, 3.8) is 0 Å². The van der Waals surface area contributed by atoms with E-state index in [1.807, 2.05) is 60.5 Å². The van der Waals surface area contributed by atoms with Crippen LogP contribution in [0.25, 0.3) is 0 Å². The lowest BCUT2D eigenvalue weighted by Gasteiger charge is -2.17. The van der Waals surface area contributed by atoms with Crippen LogP contribution in [0.15, 0.2) is 88.3 Å². The van der Waals surface area contributed by atoms with Gasteiger partial charge in [0, 0.05) is 30.2 Å². The van der Waals surface area contributed by atoms with Gasteiger partial charge in [-0.1, -0.05) is 23.9 Å². The van der Waals surface area contributed by atoms with E-state index < -0.39 is 0 Å². The number of hydrogen-bond donors (Lipinski definition) is 0. The molecule has 144 valence electrons. The number of rotatable bonds is 4. The minimum absolute atomic E-state index is 0.205. The lowest BCUT2D eigenvalue weighted by Crippen LogP contribution is -2.21. The minimum atomic E-state index is -0.257. The van der Waals surface area contributed by atoms with Gasteiger partial charge in [-0.25, -0.2) is 0 Å². The van der Waals surface area contributed by atoms with Crippen molar-refractivity contribution >= 4 is 74.2 Å². The van der Waals surface area contributed by atoms with Crippen molar-refractivity contribution in [1.82, 2.24) is 0 Å². The molecule has 4 rings (SSSR count). The van der Waals surface area contributed by atoms with Crippen molar-refractivity contribution in [2.24, 2.45) is 0 Å². The first-order valence-electron chi connectivity index (χ1n) is 8.81. The number of allylic oxidation sites excluding steroid dienone is 1.